The van der Waals surface area contributed by atoms with Gasteiger partial charge in [0.1, 0.15) is 17.3 Å². The SMILES string of the molecule is O=C(C[C@H](c1cccc(Oc2ccccc2)c1)c1cn(Cc2ccccc2)c2ccccc12)Nc1ccccc1F. The summed E-state index contributed by atoms with van der Waals surface area (Å²) in [5.41, 5.74) is 4.40. The zero-order chi connectivity index (χ0) is 28.0. The van der Waals surface area contributed by atoms with Crippen molar-refractivity contribution in [3.63, 3.8) is 0 Å². The summed E-state index contributed by atoms with van der Waals surface area (Å²) in [4.78, 5) is 13.4. The third-order valence-electron chi connectivity index (χ3n) is 7.17. The molecule has 1 heterocycles. The van der Waals surface area contributed by atoms with E-state index in [1.165, 1.54) is 11.6 Å². The van der Waals surface area contributed by atoms with Crippen LogP contribution in [0.5, 0.6) is 11.5 Å². The van der Waals surface area contributed by atoms with E-state index in [4.69, 9.17) is 4.74 Å². The molecule has 1 N–H and O–H groups in total. The van der Waals surface area contributed by atoms with Gasteiger partial charge in [0, 0.05) is 36.0 Å². The number of rotatable bonds is 9. The second kappa shape index (κ2) is 11.9. The fraction of sp³-hybridized carbons (Fsp3) is 0.0833. The van der Waals surface area contributed by atoms with Crippen LogP contribution in [-0.2, 0) is 11.3 Å². The maximum atomic E-state index is 14.4. The van der Waals surface area contributed by atoms with E-state index >= 15 is 0 Å². The number of ether oxygens (including phenoxy) is 1. The lowest BCUT2D eigenvalue weighted by atomic mass is 9.88. The average Bonchev–Trinajstić information content (AvgIpc) is 3.36. The summed E-state index contributed by atoms with van der Waals surface area (Å²) in [5.74, 6) is 0.381. The van der Waals surface area contributed by atoms with Gasteiger partial charge in [0.2, 0.25) is 5.91 Å². The van der Waals surface area contributed by atoms with E-state index in [1.807, 2.05) is 84.9 Å². The number of hydrogen-bond donors (Lipinski definition) is 1. The molecule has 0 aliphatic rings. The fourth-order valence-electron chi connectivity index (χ4n) is 5.24. The van der Waals surface area contributed by atoms with Crippen LogP contribution in [0.4, 0.5) is 10.1 Å². The van der Waals surface area contributed by atoms with Crippen molar-refractivity contribution in [2.24, 2.45) is 0 Å². The Bertz CT molecular complexity index is 1780. The molecule has 0 aliphatic carbocycles. The van der Waals surface area contributed by atoms with Crippen LogP contribution < -0.4 is 10.1 Å². The van der Waals surface area contributed by atoms with Crippen LogP contribution in [-0.4, -0.2) is 10.5 Å². The monoisotopic (exact) mass is 540 g/mol. The summed E-state index contributed by atoms with van der Waals surface area (Å²) >= 11 is 0. The number of amides is 1. The summed E-state index contributed by atoms with van der Waals surface area (Å²) in [5, 5.41) is 3.85. The highest BCUT2D eigenvalue weighted by Gasteiger charge is 2.24. The number of halogens is 1. The first-order valence-electron chi connectivity index (χ1n) is 13.6. The smallest absolute Gasteiger partial charge is 0.225 e. The Balaban J connectivity index is 1.40. The second-order valence-electron chi connectivity index (χ2n) is 9.99. The van der Waals surface area contributed by atoms with Gasteiger partial charge >= 0.3 is 0 Å². The lowest BCUT2D eigenvalue weighted by Gasteiger charge is -2.18. The minimum Gasteiger partial charge on any atom is -0.457 e. The van der Waals surface area contributed by atoms with Crippen LogP contribution in [0.15, 0.2) is 140 Å². The molecular formula is C36H29FN2O2. The number of aromatic nitrogens is 1. The van der Waals surface area contributed by atoms with Crippen molar-refractivity contribution in [3.8, 4) is 11.5 Å². The van der Waals surface area contributed by atoms with Crippen LogP contribution in [0.2, 0.25) is 0 Å². The predicted octanol–water partition coefficient (Wildman–Crippen LogP) is 8.78. The molecule has 1 aromatic heterocycles. The average molecular weight is 541 g/mol. The number of nitrogens with zero attached hydrogens (tertiary/aromatic N) is 1. The van der Waals surface area contributed by atoms with Crippen LogP contribution >= 0.6 is 0 Å². The predicted molar refractivity (Wildman–Crippen MR) is 162 cm³/mol. The van der Waals surface area contributed by atoms with E-state index in [2.05, 4.69) is 40.3 Å². The number of fused-ring (bicyclic) bond motifs is 1. The maximum Gasteiger partial charge on any atom is 0.225 e. The maximum absolute atomic E-state index is 14.4. The van der Waals surface area contributed by atoms with Gasteiger partial charge in [-0.05, 0) is 59.2 Å². The van der Waals surface area contributed by atoms with Gasteiger partial charge in [0.15, 0.2) is 0 Å². The Hall–Kier alpha value is -5.16. The van der Waals surface area contributed by atoms with E-state index < -0.39 is 5.82 Å². The molecule has 41 heavy (non-hydrogen) atoms. The van der Waals surface area contributed by atoms with E-state index in [1.54, 1.807) is 18.2 Å². The first-order chi connectivity index (χ1) is 20.1. The van der Waals surface area contributed by atoms with Gasteiger partial charge in [-0.1, -0.05) is 91.0 Å². The summed E-state index contributed by atoms with van der Waals surface area (Å²) in [6, 6.07) is 42.2. The quantitative estimate of drug-likeness (QED) is 0.199. The van der Waals surface area contributed by atoms with E-state index in [0.717, 1.165) is 27.8 Å². The molecule has 6 rings (SSSR count). The zero-order valence-electron chi connectivity index (χ0n) is 22.4. The number of nitrogens with one attached hydrogen (secondary N) is 1. The Morgan fingerprint density at radius 2 is 1.44 bits per heavy atom. The van der Waals surface area contributed by atoms with Gasteiger partial charge < -0.3 is 14.6 Å². The van der Waals surface area contributed by atoms with Gasteiger partial charge in [0.05, 0.1) is 5.69 Å². The molecule has 1 atom stereocenters. The molecule has 0 fully saturated rings. The van der Waals surface area contributed by atoms with E-state index in [0.29, 0.717) is 12.3 Å². The normalized spacial score (nSPS) is 11.7. The molecule has 5 aromatic carbocycles. The standard InChI is InChI=1S/C36H29FN2O2/c37-33-19-8-9-20-34(33)38-36(40)23-31(27-14-11-17-29(22-27)41-28-15-5-2-6-16-28)32-25-39(24-26-12-3-1-4-13-26)35-21-10-7-18-30(32)35/h1-22,25,31H,23-24H2,(H,38,40)/t31-/m1/s1. The van der Waals surface area contributed by atoms with Crippen LogP contribution in [0.3, 0.4) is 0 Å². The topological polar surface area (TPSA) is 43.3 Å². The highest BCUT2D eigenvalue weighted by Crippen LogP contribution is 2.37. The molecule has 5 heteroatoms. The van der Waals surface area contributed by atoms with Crippen molar-refractivity contribution in [1.29, 1.82) is 0 Å². The van der Waals surface area contributed by atoms with Gasteiger partial charge in [-0.2, -0.15) is 0 Å². The van der Waals surface area contributed by atoms with Crippen molar-refractivity contribution in [2.45, 2.75) is 18.9 Å². The Morgan fingerprint density at radius 1 is 0.756 bits per heavy atom. The first kappa shape index (κ1) is 26.1. The number of hydrogen-bond acceptors (Lipinski definition) is 2. The van der Waals surface area contributed by atoms with Crippen molar-refractivity contribution in [2.75, 3.05) is 5.32 Å². The van der Waals surface area contributed by atoms with Gasteiger partial charge in [0.25, 0.3) is 0 Å². The van der Waals surface area contributed by atoms with Crippen LogP contribution in [0.25, 0.3) is 10.9 Å². The number of benzene rings is 5. The molecule has 0 unspecified atom stereocenters. The Morgan fingerprint density at radius 3 is 2.24 bits per heavy atom. The van der Waals surface area contributed by atoms with Crippen LogP contribution in [0, 0.1) is 5.82 Å². The first-order valence-corrected chi connectivity index (χ1v) is 13.6. The van der Waals surface area contributed by atoms with Crippen molar-refractivity contribution >= 4 is 22.5 Å². The number of para-hydroxylation sites is 3. The highest BCUT2D eigenvalue weighted by molar-refractivity contribution is 5.93. The molecule has 0 radical (unpaired) electrons. The fourth-order valence-corrected chi connectivity index (χ4v) is 5.24. The number of carbonyl (C=O) groups excluding carboxylic acids is 1. The summed E-state index contributed by atoms with van der Waals surface area (Å²) < 4.78 is 22.7. The van der Waals surface area contributed by atoms with Crippen molar-refractivity contribution in [1.82, 2.24) is 4.57 Å². The molecule has 0 bridgehead atoms. The lowest BCUT2D eigenvalue weighted by Crippen LogP contribution is -2.17. The molecule has 6 aromatic rings. The van der Waals surface area contributed by atoms with E-state index in [9.17, 15) is 9.18 Å². The minimum absolute atomic E-state index is 0.127. The highest BCUT2D eigenvalue weighted by atomic mass is 19.1. The van der Waals surface area contributed by atoms with E-state index in [-0.39, 0.29) is 23.9 Å². The third-order valence-corrected chi connectivity index (χ3v) is 7.17. The minimum atomic E-state index is -0.463. The summed E-state index contributed by atoms with van der Waals surface area (Å²) in [7, 11) is 0. The van der Waals surface area contributed by atoms with Gasteiger partial charge in [-0.3, -0.25) is 4.79 Å². The largest absolute Gasteiger partial charge is 0.457 e. The zero-order valence-corrected chi connectivity index (χ0v) is 22.4. The Labute approximate surface area is 238 Å². The molecule has 0 spiro atoms. The molecular weight excluding hydrogens is 511 g/mol. The Kier molecular flexibility index (Phi) is 7.59. The van der Waals surface area contributed by atoms with Crippen molar-refractivity contribution in [3.05, 3.63) is 162 Å². The molecule has 0 saturated carbocycles. The molecule has 202 valence electrons. The third kappa shape index (κ3) is 6.04. The number of carbonyl (C=O) groups is 1. The summed E-state index contributed by atoms with van der Waals surface area (Å²) in [6.07, 6.45) is 2.27. The molecule has 4 nitrogen and oxygen atoms in total. The summed E-state index contributed by atoms with van der Waals surface area (Å²) in [6.45, 7) is 0.701. The number of anilines is 1. The van der Waals surface area contributed by atoms with Gasteiger partial charge in [-0.15, -0.1) is 0 Å². The van der Waals surface area contributed by atoms with Crippen LogP contribution in [0.1, 0.15) is 29.0 Å². The molecule has 0 aliphatic heterocycles. The second-order valence-corrected chi connectivity index (χ2v) is 9.99. The lowest BCUT2D eigenvalue weighted by molar-refractivity contribution is -0.116. The molecule has 0 saturated heterocycles. The molecule has 1 amide bonds. The van der Waals surface area contributed by atoms with Crippen molar-refractivity contribution < 1.29 is 13.9 Å². The van der Waals surface area contributed by atoms with Gasteiger partial charge in [-0.25, -0.2) is 4.39 Å².